The van der Waals surface area contributed by atoms with E-state index >= 15 is 0 Å². The Morgan fingerprint density at radius 3 is 2.50 bits per heavy atom. The number of hydrogen-bond donors (Lipinski definition) is 2. The van der Waals surface area contributed by atoms with E-state index in [1.807, 2.05) is 13.8 Å². The van der Waals surface area contributed by atoms with Crippen molar-refractivity contribution < 1.29 is 19.7 Å². The lowest BCUT2D eigenvalue weighted by Gasteiger charge is -2.10. The highest BCUT2D eigenvalue weighted by Crippen LogP contribution is 2.30. The van der Waals surface area contributed by atoms with E-state index in [2.05, 4.69) is 4.74 Å². The van der Waals surface area contributed by atoms with Gasteiger partial charge in [-0.1, -0.05) is 20.3 Å². The fraction of sp³-hybridized carbons (Fsp3) is 0.417. The summed E-state index contributed by atoms with van der Waals surface area (Å²) in [6.45, 7) is 4.04. The van der Waals surface area contributed by atoms with Crippen molar-refractivity contribution in [2.24, 2.45) is 0 Å². The first-order valence-electron chi connectivity index (χ1n) is 5.34. The van der Waals surface area contributed by atoms with Gasteiger partial charge in [0.05, 0.1) is 0 Å². The first-order valence-corrected chi connectivity index (χ1v) is 5.34. The number of benzene rings is 1. The summed E-state index contributed by atoms with van der Waals surface area (Å²) in [6.07, 6.45) is 1.20. The molecule has 1 aromatic carbocycles. The Morgan fingerprint density at radius 1 is 1.31 bits per heavy atom. The van der Waals surface area contributed by atoms with Crippen molar-refractivity contribution in [3.8, 4) is 11.5 Å². The first kappa shape index (κ1) is 12.4. The minimum atomic E-state index is -1.41. The van der Waals surface area contributed by atoms with Crippen LogP contribution in [0.5, 0.6) is 11.5 Å². The monoisotopic (exact) mass is 224 g/mol. The number of rotatable bonds is 4. The van der Waals surface area contributed by atoms with Gasteiger partial charge >= 0.3 is 6.16 Å². The van der Waals surface area contributed by atoms with Gasteiger partial charge in [-0.2, -0.15) is 0 Å². The smallest absolute Gasteiger partial charge is 0.504 e. The molecule has 0 spiro atoms. The van der Waals surface area contributed by atoms with Crippen LogP contribution < -0.4 is 4.74 Å². The molecule has 4 nitrogen and oxygen atoms in total. The Hall–Kier alpha value is -1.71. The maximum Gasteiger partial charge on any atom is 0.511 e. The molecule has 0 saturated carbocycles. The Labute approximate surface area is 94.5 Å². The molecule has 1 rings (SSSR count). The van der Waals surface area contributed by atoms with E-state index in [1.165, 1.54) is 0 Å². The largest absolute Gasteiger partial charge is 0.511 e. The molecule has 0 aliphatic carbocycles. The van der Waals surface area contributed by atoms with E-state index in [9.17, 15) is 9.90 Å². The third-order valence-corrected chi connectivity index (χ3v) is 2.38. The third kappa shape index (κ3) is 2.89. The van der Waals surface area contributed by atoms with E-state index in [-0.39, 0.29) is 11.5 Å². The van der Waals surface area contributed by atoms with Crippen molar-refractivity contribution in [3.63, 3.8) is 0 Å². The van der Waals surface area contributed by atoms with Crippen LogP contribution in [0.2, 0.25) is 0 Å². The van der Waals surface area contributed by atoms with Crippen LogP contribution in [-0.4, -0.2) is 16.4 Å². The summed E-state index contributed by atoms with van der Waals surface area (Å²) in [5.41, 5.74) is 2.05. The van der Waals surface area contributed by atoms with E-state index in [0.29, 0.717) is 0 Å². The molecular formula is C12H16O4. The van der Waals surface area contributed by atoms with Gasteiger partial charge in [0, 0.05) is 0 Å². The minimum absolute atomic E-state index is 0.00755. The number of phenolic OH excluding ortho intramolecular Hbond substituents is 1. The van der Waals surface area contributed by atoms with Crippen LogP contribution in [0, 0.1) is 0 Å². The van der Waals surface area contributed by atoms with E-state index in [1.54, 1.807) is 12.1 Å². The number of ether oxygens (including phenoxy) is 1. The van der Waals surface area contributed by atoms with Gasteiger partial charge in [0.25, 0.3) is 0 Å². The Kier molecular flexibility index (Phi) is 4.17. The average molecular weight is 224 g/mol. The second-order valence-electron chi connectivity index (χ2n) is 3.56. The molecule has 16 heavy (non-hydrogen) atoms. The standard InChI is InChI=1S/C12H16O4/c1-3-5-9-7-11(16-12(14)15)10(13)6-8(9)4-2/h6-7,13H,3-5H2,1-2H3,(H,14,15). The highest BCUT2D eigenvalue weighted by atomic mass is 16.7. The van der Waals surface area contributed by atoms with Crippen molar-refractivity contribution in [2.45, 2.75) is 33.1 Å². The highest BCUT2D eigenvalue weighted by Gasteiger charge is 2.11. The van der Waals surface area contributed by atoms with Crippen molar-refractivity contribution >= 4 is 6.16 Å². The molecule has 4 heteroatoms. The summed E-state index contributed by atoms with van der Waals surface area (Å²) >= 11 is 0. The van der Waals surface area contributed by atoms with E-state index < -0.39 is 6.16 Å². The summed E-state index contributed by atoms with van der Waals surface area (Å²) in [5, 5.41) is 18.1. The van der Waals surface area contributed by atoms with Crippen LogP contribution in [0.1, 0.15) is 31.4 Å². The third-order valence-electron chi connectivity index (χ3n) is 2.38. The molecule has 0 bridgehead atoms. The van der Waals surface area contributed by atoms with Gasteiger partial charge in [0.1, 0.15) is 0 Å². The summed E-state index contributed by atoms with van der Waals surface area (Å²) in [7, 11) is 0. The SMILES string of the molecule is CCCc1cc(OC(=O)O)c(O)cc1CC. The van der Waals surface area contributed by atoms with Crippen LogP contribution >= 0.6 is 0 Å². The van der Waals surface area contributed by atoms with E-state index in [4.69, 9.17) is 5.11 Å². The second-order valence-corrected chi connectivity index (χ2v) is 3.56. The lowest BCUT2D eigenvalue weighted by atomic mass is 10.0. The fourth-order valence-corrected chi connectivity index (χ4v) is 1.66. The van der Waals surface area contributed by atoms with Crippen molar-refractivity contribution in [1.82, 2.24) is 0 Å². The zero-order valence-corrected chi connectivity index (χ0v) is 9.49. The van der Waals surface area contributed by atoms with Gasteiger partial charge in [-0.25, -0.2) is 4.79 Å². The molecule has 0 aromatic heterocycles. The Balaban J connectivity index is 3.10. The predicted octanol–water partition coefficient (Wildman–Crippen LogP) is 2.96. The molecule has 0 aliphatic rings. The van der Waals surface area contributed by atoms with Gasteiger partial charge in [0.2, 0.25) is 0 Å². The first-order chi connectivity index (χ1) is 7.58. The van der Waals surface area contributed by atoms with Crippen molar-refractivity contribution in [2.75, 3.05) is 0 Å². The van der Waals surface area contributed by atoms with Gasteiger partial charge in [0.15, 0.2) is 11.5 Å². The number of aryl methyl sites for hydroxylation is 2. The number of carboxylic acid groups (broad SMARTS) is 1. The van der Waals surface area contributed by atoms with Gasteiger partial charge < -0.3 is 14.9 Å². The number of aromatic hydroxyl groups is 1. The summed E-state index contributed by atoms with van der Waals surface area (Å²) in [6, 6.07) is 3.18. The van der Waals surface area contributed by atoms with Gasteiger partial charge in [-0.15, -0.1) is 0 Å². The average Bonchev–Trinajstić information content (AvgIpc) is 2.22. The summed E-state index contributed by atoms with van der Waals surface area (Å²) < 4.78 is 4.50. The molecule has 2 N–H and O–H groups in total. The van der Waals surface area contributed by atoms with Crippen LogP contribution in [0.15, 0.2) is 12.1 Å². The van der Waals surface area contributed by atoms with Crippen molar-refractivity contribution in [3.05, 3.63) is 23.3 Å². The number of carbonyl (C=O) groups is 1. The number of hydrogen-bond acceptors (Lipinski definition) is 3. The van der Waals surface area contributed by atoms with Crippen LogP contribution in [0.3, 0.4) is 0 Å². The highest BCUT2D eigenvalue weighted by molar-refractivity contribution is 5.63. The van der Waals surface area contributed by atoms with Gasteiger partial charge in [-0.3, -0.25) is 0 Å². The lowest BCUT2D eigenvalue weighted by molar-refractivity contribution is 0.143. The van der Waals surface area contributed by atoms with E-state index in [0.717, 1.165) is 30.4 Å². The molecule has 88 valence electrons. The Bertz CT molecular complexity index is 385. The van der Waals surface area contributed by atoms with Crippen molar-refractivity contribution in [1.29, 1.82) is 0 Å². The molecule has 1 aromatic rings. The molecule has 0 unspecified atom stereocenters. The molecule has 0 saturated heterocycles. The predicted molar refractivity (Wildman–Crippen MR) is 60.1 cm³/mol. The van der Waals surface area contributed by atoms with Crippen LogP contribution in [-0.2, 0) is 12.8 Å². The molecule has 0 aliphatic heterocycles. The maximum atomic E-state index is 10.4. The molecule has 0 amide bonds. The minimum Gasteiger partial charge on any atom is -0.504 e. The lowest BCUT2D eigenvalue weighted by Crippen LogP contribution is -2.04. The quantitative estimate of drug-likeness (QED) is 0.609. The normalized spacial score (nSPS) is 10.1. The maximum absolute atomic E-state index is 10.4. The second kappa shape index (κ2) is 5.39. The molecule has 0 fully saturated rings. The zero-order chi connectivity index (χ0) is 12.1. The molecule has 0 atom stereocenters. The van der Waals surface area contributed by atoms with Gasteiger partial charge in [-0.05, 0) is 36.1 Å². The molecular weight excluding hydrogens is 208 g/mol. The number of phenols is 1. The van der Waals surface area contributed by atoms with Crippen LogP contribution in [0.4, 0.5) is 4.79 Å². The zero-order valence-electron chi connectivity index (χ0n) is 9.49. The molecule has 0 heterocycles. The Morgan fingerprint density at radius 2 is 2.00 bits per heavy atom. The fourth-order valence-electron chi connectivity index (χ4n) is 1.66. The van der Waals surface area contributed by atoms with Crippen LogP contribution in [0.25, 0.3) is 0 Å². The summed E-state index contributed by atoms with van der Waals surface area (Å²) in [5.74, 6) is -0.118. The topological polar surface area (TPSA) is 66.8 Å². The summed E-state index contributed by atoms with van der Waals surface area (Å²) in [4.78, 5) is 10.4. The molecule has 0 radical (unpaired) electrons.